The van der Waals surface area contributed by atoms with Gasteiger partial charge in [-0.25, -0.2) is 22.9 Å². The number of pyridine rings is 2. The summed E-state index contributed by atoms with van der Waals surface area (Å²) >= 11 is 0. The summed E-state index contributed by atoms with van der Waals surface area (Å²) in [5, 5.41) is 9.08. The van der Waals surface area contributed by atoms with Gasteiger partial charge in [0.05, 0.1) is 16.8 Å². The summed E-state index contributed by atoms with van der Waals surface area (Å²) in [5.74, 6) is -3.61. The van der Waals surface area contributed by atoms with Crippen molar-refractivity contribution in [2.24, 2.45) is 17.6 Å². The molecule has 3 aromatic rings. The maximum absolute atomic E-state index is 14.9. The lowest BCUT2D eigenvalue weighted by Gasteiger charge is -2.17. The van der Waals surface area contributed by atoms with Crippen LogP contribution in [0.2, 0.25) is 0 Å². The van der Waals surface area contributed by atoms with Crippen LogP contribution in [0.15, 0.2) is 35.3 Å². The number of carboxylic acids is 1. The number of nitrogens with zero attached hydrogens (tertiary/aromatic N) is 2. The van der Waals surface area contributed by atoms with Gasteiger partial charge in [0.15, 0.2) is 0 Å². The highest BCUT2D eigenvalue weighted by atomic mass is 19.1. The first kappa shape index (κ1) is 18.8. The minimum atomic E-state index is -1.55. The van der Waals surface area contributed by atoms with Crippen LogP contribution in [-0.2, 0) is 0 Å². The summed E-state index contributed by atoms with van der Waals surface area (Å²) in [6, 6.07) is 3.81. The highest BCUT2D eigenvalue weighted by Crippen LogP contribution is 2.56. The summed E-state index contributed by atoms with van der Waals surface area (Å²) in [4.78, 5) is 28.5. The molecule has 2 fully saturated rings. The van der Waals surface area contributed by atoms with Crippen molar-refractivity contribution in [2.75, 3.05) is 0 Å². The van der Waals surface area contributed by atoms with Gasteiger partial charge in [-0.3, -0.25) is 9.36 Å². The molecule has 3 N–H and O–H groups in total. The van der Waals surface area contributed by atoms with Gasteiger partial charge in [-0.2, -0.15) is 0 Å². The Morgan fingerprint density at radius 1 is 1.13 bits per heavy atom. The molecular weight excluding hydrogens is 399 g/mol. The van der Waals surface area contributed by atoms with E-state index in [1.807, 2.05) is 0 Å². The van der Waals surface area contributed by atoms with E-state index in [2.05, 4.69) is 4.98 Å². The molecule has 2 aliphatic carbocycles. The van der Waals surface area contributed by atoms with Gasteiger partial charge in [-0.15, -0.1) is 0 Å². The number of aromatic carboxylic acids is 1. The van der Waals surface area contributed by atoms with Crippen molar-refractivity contribution in [3.05, 3.63) is 69.4 Å². The Labute approximate surface area is 167 Å². The van der Waals surface area contributed by atoms with Crippen LogP contribution < -0.4 is 11.2 Å². The molecule has 0 amide bonds. The summed E-state index contributed by atoms with van der Waals surface area (Å²) in [6.07, 6.45) is 2.27. The largest absolute Gasteiger partial charge is 0.477 e. The molecule has 2 saturated carbocycles. The second-order valence-corrected chi connectivity index (χ2v) is 7.94. The quantitative estimate of drug-likeness (QED) is 0.686. The Bertz CT molecular complexity index is 1280. The van der Waals surface area contributed by atoms with Crippen LogP contribution in [0.3, 0.4) is 0 Å². The highest BCUT2D eigenvalue weighted by molar-refractivity contribution is 5.92. The second-order valence-electron chi connectivity index (χ2n) is 7.94. The van der Waals surface area contributed by atoms with E-state index in [0.717, 1.165) is 29.0 Å². The average molecular weight is 415 g/mol. The van der Waals surface area contributed by atoms with Crippen molar-refractivity contribution < 1.29 is 23.1 Å². The molecule has 30 heavy (non-hydrogen) atoms. The summed E-state index contributed by atoms with van der Waals surface area (Å²) < 4.78 is 43.8. The fourth-order valence-corrected chi connectivity index (χ4v) is 4.65. The van der Waals surface area contributed by atoms with E-state index in [1.54, 1.807) is 0 Å². The lowest BCUT2D eigenvalue weighted by Crippen LogP contribution is -2.21. The summed E-state index contributed by atoms with van der Waals surface area (Å²) in [7, 11) is 0. The van der Waals surface area contributed by atoms with Gasteiger partial charge < -0.3 is 10.8 Å². The summed E-state index contributed by atoms with van der Waals surface area (Å²) in [5.41, 5.74) is 4.20. The van der Waals surface area contributed by atoms with E-state index in [1.165, 1.54) is 0 Å². The van der Waals surface area contributed by atoms with Gasteiger partial charge in [0.1, 0.15) is 28.7 Å². The molecule has 2 aliphatic rings. The monoisotopic (exact) mass is 415 g/mol. The van der Waals surface area contributed by atoms with Gasteiger partial charge in [0.25, 0.3) is 0 Å². The number of benzene rings is 1. The number of halogens is 3. The molecule has 0 radical (unpaired) electrons. The Morgan fingerprint density at radius 2 is 1.83 bits per heavy atom. The third-order valence-electron chi connectivity index (χ3n) is 6.26. The van der Waals surface area contributed by atoms with E-state index in [0.29, 0.717) is 30.7 Å². The highest BCUT2D eigenvalue weighted by Gasteiger charge is 2.54. The average Bonchev–Trinajstić information content (AvgIpc) is 3.10. The van der Waals surface area contributed by atoms with Gasteiger partial charge in [-0.05, 0) is 42.9 Å². The van der Waals surface area contributed by atoms with Crippen molar-refractivity contribution in [1.82, 2.24) is 9.55 Å². The van der Waals surface area contributed by atoms with E-state index in [9.17, 15) is 27.9 Å². The Morgan fingerprint density at radius 3 is 2.47 bits per heavy atom. The molecule has 0 saturated heterocycles. The van der Waals surface area contributed by atoms with E-state index in [4.69, 9.17) is 5.73 Å². The zero-order valence-electron chi connectivity index (χ0n) is 15.5. The maximum Gasteiger partial charge on any atom is 0.341 e. The van der Waals surface area contributed by atoms with E-state index in [-0.39, 0.29) is 34.4 Å². The molecule has 1 aromatic carbocycles. The van der Waals surface area contributed by atoms with Crippen LogP contribution in [-0.4, -0.2) is 26.7 Å². The molecule has 5 rings (SSSR count). The Balaban J connectivity index is 1.76. The first-order chi connectivity index (χ1) is 14.3. The Kier molecular flexibility index (Phi) is 4.01. The number of carboxylic acid groups (broad SMARTS) is 1. The molecule has 154 valence electrons. The third kappa shape index (κ3) is 2.72. The maximum atomic E-state index is 14.9. The standard InChI is InChI=1S/C21H16F3N3O3/c22-9-1-2-16(14(23)5-9)27-7-13(21(29)30)19(28)12-6-15(24)18(26-20(12)27)8-3-10-11(4-8)17(10)25/h1-2,5-8,10-11,17H,3-4,25H2,(H,29,30)/t8?,10-,11+,17+. The number of nitrogens with two attached hydrogens (primary N) is 1. The normalized spacial score (nSPS) is 24.8. The van der Waals surface area contributed by atoms with Gasteiger partial charge in [-0.1, -0.05) is 0 Å². The second kappa shape index (κ2) is 6.40. The molecule has 0 aliphatic heterocycles. The molecule has 1 unspecified atom stereocenters. The number of aromatic nitrogens is 2. The molecule has 9 heteroatoms. The minimum absolute atomic E-state index is 0.0863. The number of hydrogen-bond acceptors (Lipinski definition) is 4. The molecular formula is C21H16F3N3O3. The van der Waals surface area contributed by atoms with E-state index >= 15 is 0 Å². The van der Waals surface area contributed by atoms with Crippen molar-refractivity contribution in [1.29, 1.82) is 0 Å². The van der Waals surface area contributed by atoms with Gasteiger partial charge in [0, 0.05) is 24.2 Å². The minimum Gasteiger partial charge on any atom is -0.477 e. The van der Waals surface area contributed by atoms with Gasteiger partial charge in [0.2, 0.25) is 5.43 Å². The van der Waals surface area contributed by atoms with Crippen LogP contribution in [0.25, 0.3) is 16.7 Å². The first-order valence-electron chi connectivity index (χ1n) is 9.46. The zero-order chi connectivity index (χ0) is 21.3. The van der Waals surface area contributed by atoms with Crippen molar-refractivity contribution in [3.63, 3.8) is 0 Å². The fourth-order valence-electron chi connectivity index (χ4n) is 4.65. The molecule has 2 aromatic heterocycles. The molecule has 6 nitrogen and oxygen atoms in total. The lowest BCUT2D eigenvalue weighted by atomic mass is 9.97. The van der Waals surface area contributed by atoms with Crippen LogP contribution in [0.4, 0.5) is 13.2 Å². The predicted molar refractivity (Wildman–Crippen MR) is 101 cm³/mol. The number of hydrogen-bond donors (Lipinski definition) is 2. The predicted octanol–water partition coefficient (Wildman–Crippen LogP) is 2.95. The number of carbonyl (C=O) groups is 1. The SMILES string of the molecule is N[C@@H]1[C@H]2CC(c3nc4c(cc3F)c(=O)c(C(=O)O)cn4-c3ccc(F)cc3F)C[C@@H]12. The van der Waals surface area contributed by atoms with Crippen LogP contribution >= 0.6 is 0 Å². The fraction of sp³-hybridized carbons (Fsp3) is 0.286. The Hall–Kier alpha value is -3.20. The summed E-state index contributed by atoms with van der Waals surface area (Å²) in [6.45, 7) is 0. The molecule has 0 spiro atoms. The molecule has 2 heterocycles. The van der Waals surface area contributed by atoms with Crippen LogP contribution in [0.5, 0.6) is 0 Å². The van der Waals surface area contributed by atoms with Crippen molar-refractivity contribution in [2.45, 2.75) is 24.8 Å². The molecule has 0 bridgehead atoms. The van der Waals surface area contributed by atoms with Crippen molar-refractivity contribution in [3.8, 4) is 5.69 Å². The van der Waals surface area contributed by atoms with Crippen LogP contribution in [0, 0.1) is 29.3 Å². The number of fused-ring (bicyclic) bond motifs is 2. The zero-order valence-corrected chi connectivity index (χ0v) is 15.5. The molecule has 4 atom stereocenters. The van der Waals surface area contributed by atoms with Crippen LogP contribution in [0.1, 0.15) is 34.8 Å². The number of rotatable bonds is 3. The smallest absolute Gasteiger partial charge is 0.341 e. The first-order valence-corrected chi connectivity index (χ1v) is 9.46. The topological polar surface area (TPSA) is 98.2 Å². The van der Waals surface area contributed by atoms with Gasteiger partial charge >= 0.3 is 5.97 Å². The lowest BCUT2D eigenvalue weighted by molar-refractivity contribution is 0.0695. The van der Waals surface area contributed by atoms with Crippen molar-refractivity contribution >= 4 is 17.0 Å². The van der Waals surface area contributed by atoms with E-state index < -0.39 is 34.4 Å². The third-order valence-corrected chi connectivity index (χ3v) is 6.26.